The van der Waals surface area contributed by atoms with E-state index in [1.807, 2.05) is 6.07 Å². The normalized spacial score (nSPS) is 8.38. The zero-order valence-electron chi connectivity index (χ0n) is 4.09. The third kappa shape index (κ3) is 0.796. The monoisotopic (exact) mass is 124 g/mol. The minimum atomic E-state index is 0.669. The van der Waals surface area contributed by atoms with Gasteiger partial charge in [-0.2, -0.15) is 5.26 Å². The smallest absolute Gasteiger partial charge is 0.110 e. The number of nitrogens with two attached hydrogens (primary N) is 1. The van der Waals surface area contributed by atoms with Crippen LogP contribution in [0.15, 0.2) is 11.4 Å². The summed E-state index contributed by atoms with van der Waals surface area (Å²) in [5, 5.41) is 10.0. The van der Waals surface area contributed by atoms with Crippen LogP contribution >= 0.6 is 11.3 Å². The zero-order chi connectivity index (χ0) is 5.98. The molecule has 40 valence electrons. The Balaban J connectivity index is 3.05. The summed E-state index contributed by atoms with van der Waals surface area (Å²) in [6, 6.07) is 3.64. The second-order valence-corrected chi connectivity index (χ2v) is 2.27. The standard InChI is InChI=1S/C5H4N2S/c6-2-5-1-4(7)3-8-5/h1,3H,7H2. The number of hydrogen-bond acceptors (Lipinski definition) is 3. The summed E-state index contributed by atoms with van der Waals surface area (Å²) in [7, 11) is 0. The first-order valence-corrected chi connectivity index (χ1v) is 2.95. The molecule has 0 unspecified atom stereocenters. The Morgan fingerprint density at radius 3 is 2.75 bits per heavy atom. The van der Waals surface area contributed by atoms with Crippen LogP contribution in [-0.4, -0.2) is 0 Å². The van der Waals surface area contributed by atoms with Gasteiger partial charge in [0.1, 0.15) is 10.9 Å². The fraction of sp³-hybridized carbons (Fsp3) is 0. The molecule has 2 N–H and O–H groups in total. The second kappa shape index (κ2) is 1.85. The first-order chi connectivity index (χ1) is 3.83. The van der Waals surface area contributed by atoms with Crippen molar-refractivity contribution in [3.63, 3.8) is 0 Å². The minimum Gasteiger partial charge on any atom is -0.398 e. The second-order valence-electron chi connectivity index (χ2n) is 1.36. The molecule has 0 radical (unpaired) electrons. The van der Waals surface area contributed by atoms with Gasteiger partial charge in [0.05, 0.1) is 0 Å². The predicted octanol–water partition coefficient (Wildman–Crippen LogP) is 1.20. The van der Waals surface area contributed by atoms with Crippen molar-refractivity contribution in [1.82, 2.24) is 0 Å². The fourth-order valence-electron chi connectivity index (χ4n) is 0.410. The van der Waals surface area contributed by atoms with Gasteiger partial charge in [0, 0.05) is 11.1 Å². The van der Waals surface area contributed by atoms with Crippen LogP contribution in [0.2, 0.25) is 0 Å². The van der Waals surface area contributed by atoms with Gasteiger partial charge in [-0.25, -0.2) is 0 Å². The molecule has 0 saturated heterocycles. The zero-order valence-corrected chi connectivity index (χ0v) is 4.90. The molecule has 0 fully saturated rings. The van der Waals surface area contributed by atoms with Crippen molar-refractivity contribution >= 4 is 17.0 Å². The number of thiophene rings is 1. The van der Waals surface area contributed by atoms with E-state index >= 15 is 0 Å². The van der Waals surface area contributed by atoms with Gasteiger partial charge >= 0.3 is 0 Å². The van der Waals surface area contributed by atoms with Gasteiger partial charge < -0.3 is 5.73 Å². The summed E-state index contributed by atoms with van der Waals surface area (Å²) in [5.74, 6) is 0. The minimum absolute atomic E-state index is 0.669. The van der Waals surface area contributed by atoms with Crippen molar-refractivity contribution in [3.05, 3.63) is 16.3 Å². The number of anilines is 1. The van der Waals surface area contributed by atoms with E-state index in [9.17, 15) is 0 Å². The maximum absolute atomic E-state index is 8.26. The van der Waals surface area contributed by atoms with E-state index in [0.717, 1.165) is 0 Å². The first-order valence-electron chi connectivity index (χ1n) is 2.07. The van der Waals surface area contributed by atoms with Crippen molar-refractivity contribution in [2.75, 3.05) is 5.73 Å². The van der Waals surface area contributed by atoms with Crippen LogP contribution < -0.4 is 5.73 Å². The topological polar surface area (TPSA) is 49.8 Å². The Morgan fingerprint density at radius 1 is 1.75 bits per heavy atom. The van der Waals surface area contributed by atoms with Crippen LogP contribution in [0.25, 0.3) is 0 Å². The molecule has 3 heteroatoms. The molecule has 1 aromatic heterocycles. The molecule has 1 rings (SSSR count). The van der Waals surface area contributed by atoms with Gasteiger partial charge in [0.2, 0.25) is 0 Å². The van der Waals surface area contributed by atoms with Crippen LogP contribution in [0.4, 0.5) is 5.69 Å². The summed E-state index contributed by atoms with van der Waals surface area (Å²) < 4.78 is 0. The van der Waals surface area contributed by atoms with E-state index in [-0.39, 0.29) is 0 Å². The molecule has 0 aliphatic carbocycles. The largest absolute Gasteiger partial charge is 0.398 e. The quantitative estimate of drug-likeness (QED) is 0.565. The van der Waals surface area contributed by atoms with E-state index in [1.165, 1.54) is 11.3 Å². The average Bonchev–Trinajstić information content (AvgIpc) is 2.14. The Bertz CT molecular complexity index is 221. The Kier molecular flexibility index (Phi) is 1.18. The van der Waals surface area contributed by atoms with E-state index in [2.05, 4.69) is 0 Å². The van der Waals surface area contributed by atoms with Crippen molar-refractivity contribution in [3.8, 4) is 6.07 Å². The molecule has 1 heterocycles. The number of nitriles is 1. The predicted molar refractivity (Wildman–Crippen MR) is 33.4 cm³/mol. The van der Waals surface area contributed by atoms with E-state index in [1.54, 1.807) is 11.4 Å². The average molecular weight is 124 g/mol. The molecule has 2 nitrogen and oxygen atoms in total. The molecule has 0 spiro atoms. The molecule has 1 aromatic rings. The van der Waals surface area contributed by atoms with Crippen molar-refractivity contribution in [2.24, 2.45) is 0 Å². The lowest BCUT2D eigenvalue weighted by molar-refractivity contribution is 1.52. The summed E-state index contributed by atoms with van der Waals surface area (Å²) in [5.41, 5.74) is 5.99. The highest BCUT2D eigenvalue weighted by molar-refractivity contribution is 7.11. The van der Waals surface area contributed by atoms with Crippen molar-refractivity contribution in [2.45, 2.75) is 0 Å². The number of hydrogen-bond donors (Lipinski definition) is 1. The molecule has 8 heavy (non-hydrogen) atoms. The van der Waals surface area contributed by atoms with Gasteiger partial charge in [-0.1, -0.05) is 0 Å². The lowest BCUT2D eigenvalue weighted by Crippen LogP contribution is -1.75. The molecule has 0 aliphatic heterocycles. The molecule has 0 amide bonds. The first kappa shape index (κ1) is 5.13. The SMILES string of the molecule is N#Cc1cc(N)cs1. The van der Waals surface area contributed by atoms with Gasteiger partial charge in [0.25, 0.3) is 0 Å². The molecule has 0 saturated carbocycles. The van der Waals surface area contributed by atoms with E-state index in [0.29, 0.717) is 10.6 Å². The van der Waals surface area contributed by atoms with Crippen LogP contribution in [0.1, 0.15) is 4.88 Å². The fourth-order valence-corrected chi connectivity index (χ4v) is 0.997. The van der Waals surface area contributed by atoms with E-state index in [4.69, 9.17) is 11.0 Å². The summed E-state index contributed by atoms with van der Waals surface area (Å²) >= 11 is 1.36. The molecule has 0 aromatic carbocycles. The number of rotatable bonds is 0. The highest BCUT2D eigenvalue weighted by atomic mass is 32.1. The number of nitrogen functional groups attached to an aromatic ring is 1. The number of nitrogens with zero attached hydrogens (tertiary/aromatic N) is 1. The molecule has 0 aliphatic rings. The summed E-state index contributed by atoms with van der Waals surface area (Å²) in [4.78, 5) is 0.669. The summed E-state index contributed by atoms with van der Waals surface area (Å²) in [6.45, 7) is 0. The third-order valence-corrected chi connectivity index (χ3v) is 1.58. The van der Waals surface area contributed by atoms with Crippen LogP contribution in [-0.2, 0) is 0 Å². The highest BCUT2D eigenvalue weighted by Crippen LogP contribution is 2.13. The van der Waals surface area contributed by atoms with Crippen LogP contribution in [0.3, 0.4) is 0 Å². The molecular formula is C5H4N2S. The summed E-state index contributed by atoms with van der Waals surface area (Å²) in [6.07, 6.45) is 0. The van der Waals surface area contributed by atoms with Gasteiger partial charge in [-0.05, 0) is 6.07 Å². The lowest BCUT2D eigenvalue weighted by Gasteiger charge is -1.70. The van der Waals surface area contributed by atoms with Crippen molar-refractivity contribution < 1.29 is 0 Å². The maximum atomic E-state index is 8.26. The van der Waals surface area contributed by atoms with E-state index < -0.39 is 0 Å². The van der Waals surface area contributed by atoms with Crippen LogP contribution in [0, 0.1) is 11.3 Å². The van der Waals surface area contributed by atoms with Crippen LogP contribution in [0.5, 0.6) is 0 Å². The highest BCUT2D eigenvalue weighted by Gasteiger charge is 1.90. The van der Waals surface area contributed by atoms with Gasteiger partial charge in [-0.3, -0.25) is 0 Å². The maximum Gasteiger partial charge on any atom is 0.110 e. The Labute approximate surface area is 51.2 Å². The molecular weight excluding hydrogens is 120 g/mol. The Morgan fingerprint density at radius 2 is 2.50 bits per heavy atom. The third-order valence-electron chi connectivity index (χ3n) is 0.730. The Hall–Kier alpha value is -1.01. The molecule has 0 atom stereocenters. The molecule has 0 bridgehead atoms. The van der Waals surface area contributed by atoms with Gasteiger partial charge in [-0.15, -0.1) is 11.3 Å². The van der Waals surface area contributed by atoms with Gasteiger partial charge in [0.15, 0.2) is 0 Å². The van der Waals surface area contributed by atoms with Crippen molar-refractivity contribution in [1.29, 1.82) is 5.26 Å². The lowest BCUT2D eigenvalue weighted by atomic mass is 10.5.